The molecule has 1 atom stereocenters. The van der Waals surface area contributed by atoms with E-state index in [1.807, 2.05) is 0 Å². The average Bonchev–Trinajstić information content (AvgIpc) is 2.78. The van der Waals surface area contributed by atoms with E-state index in [-0.39, 0.29) is 35.6 Å². The molecule has 0 spiro atoms. The van der Waals surface area contributed by atoms with Crippen LogP contribution in [-0.2, 0) is 19.6 Å². The first-order valence-corrected chi connectivity index (χ1v) is 9.41. The largest absolute Gasteiger partial charge is 0.480 e. The molecule has 0 aliphatic carbocycles. The number of ether oxygens (including phenoxy) is 1. The Morgan fingerprint density at radius 3 is 2.62 bits per heavy atom. The van der Waals surface area contributed by atoms with Gasteiger partial charge in [-0.2, -0.15) is 0 Å². The molecule has 1 aliphatic heterocycles. The molecule has 0 bridgehead atoms. The number of benzene rings is 1. The number of carboxylic acid groups (broad SMARTS) is 1. The van der Waals surface area contributed by atoms with Gasteiger partial charge in [0.1, 0.15) is 10.9 Å². The molecule has 1 aliphatic rings. The maximum Gasteiger partial charge on any atom is 0.326 e. The Bertz CT molecular complexity index is 835. The standard InChI is InChI=1S/C16H20N2O7S/c1-3-4-12(16(21)22)17-14(19)10-5-6-11-13(9-10)26(23,24)18(15(11)20)7-8-25-2/h5-6,9,12H,3-4,7-8H2,1-2H3,(H,17,19)(H,21,22). The van der Waals surface area contributed by atoms with Gasteiger partial charge in [0.05, 0.1) is 18.7 Å². The van der Waals surface area contributed by atoms with Crippen molar-refractivity contribution in [2.75, 3.05) is 20.3 Å². The molecule has 2 amide bonds. The molecule has 0 saturated heterocycles. The van der Waals surface area contributed by atoms with E-state index in [2.05, 4.69) is 5.32 Å². The summed E-state index contributed by atoms with van der Waals surface area (Å²) in [5.41, 5.74) is -0.0583. The summed E-state index contributed by atoms with van der Waals surface area (Å²) in [4.78, 5) is 35.4. The molecule has 10 heteroatoms. The van der Waals surface area contributed by atoms with Crippen LogP contribution in [0, 0.1) is 0 Å². The van der Waals surface area contributed by atoms with E-state index < -0.39 is 33.8 Å². The molecule has 1 aromatic carbocycles. The minimum atomic E-state index is -4.07. The van der Waals surface area contributed by atoms with Gasteiger partial charge < -0.3 is 15.2 Å². The van der Waals surface area contributed by atoms with Gasteiger partial charge >= 0.3 is 5.97 Å². The number of nitrogens with zero attached hydrogens (tertiary/aromatic N) is 1. The third kappa shape index (κ3) is 3.70. The topological polar surface area (TPSA) is 130 Å². The van der Waals surface area contributed by atoms with Gasteiger partial charge in [-0.25, -0.2) is 17.5 Å². The zero-order valence-corrected chi connectivity index (χ0v) is 15.2. The van der Waals surface area contributed by atoms with E-state index in [1.165, 1.54) is 19.2 Å². The third-order valence-electron chi connectivity index (χ3n) is 3.95. The number of rotatable bonds is 8. The zero-order chi connectivity index (χ0) is 19.5. The molecule has 0 radical (unpaired) electrons. The summed E-state index contributed by atoms with van der Waals surface area (Å²) in [6.45, 7) is 1.69. The Kier molecular flexibility index (Phi) is 5.98. The molecule has 2 N–H and O–H groups in total. The molecule has 9 nitrogen and oxygen atoms in total. The number of fused-ring (bicyclic) bond motifs is 1. The summed E-state index contributed by atoms with van der Waals surface area (Å²) < 4.78 is 30.6. The highest BCUT2D eigenvalue weighted by molar-refractivity contribution is 7.90. The number of carbonyl (C=O) groups excluding carboxylic acids is 2. The van der Waals surface area contributed by atoms with Gasteiger partial charge in [-0.1, -0.05) is 13.3 Å². The van der Waals surface area contributed by atoms with Crippen molar-refractivity contribution in [2.45, 2.75) is 30.7 Å². The van der Waals surface area contributed by atoms with Crippen molar-refractivity contribution in [1.29, 1.82) is 0 Å². The van der Waals surface area contributed by atoms with Crippen LogP contribution < -0.4 is 5.32 Å². The zero-order valence-electron chi connectivity index (χ0n) is 14.4. The third-order valence-corrected chi connectivity index (χ3v) is 5.77. The van der Waals surface area contributed by atoms with Crippen LogP contribution in [0.5, 0.6) is 0 Å². The molecule has 0 fully saturated rings. The van der Waals surface area contributed by atoms with Crippen molar-refractivity contribution in [3.8, 4) is 0 Å². The lowest BCUT2D eigenvalue weighted by Gasteiger charge is -2.14. The van der Waals surface area contributed by atoms with Crippen LogP contribution in [0.25, 0.3) is 0 Å². The fourth-order valence-electron chi connectivity index (χ4n) is 2.60. The molecular formula is C16H20N2O7S. The second kappa shape index (κ2) is 7.83. The van der Waals surface area contributed by atoms with Crippen molar-refractivity contribution in [3.05, 3.63) is 29.3 Å². The van der Waals surface area contributed by atoms with Gasteiger partial charge in [0, 0.05) is 12.7 Å². The van der Waals surface area contributed by atoms with Crippen LogP contribution in [0.4, 0.5) is 0 Å². The SMILES string of the molecule is CCCC(NC(=O)c1ccc2c(c1)S(=O)(=O)N(CCOC)C2=O)C(=O)O. The van der Waals surface area contributed by atoms with E-state index in [0.717, 1.165) is 6.07 Å². The van der Waals surface area contributed by atoms with E-state index >= 15 is 0 Å². The highest BCUT2D eigenvalue weighted by atomic mass is 32.2. The van der Waals surface area contributed by atoms with Gasteiger partial charge in [0.2, 0.25) is 0 Å². The Morgan fingerprint density at radius 2 is 2.04 bits per heavy atom. The Hall–Kier alpha value is -2.46. The maximum absolute atomic E-state index is 12.5. The quantitative estimate of drug-likeness (QED) is 0.666. The summed E-state index contributed by atoms with van der Waals surface area (Å²) in [5, 5.41) is 11.5. The van der Waals surface area contributed by atoms with Crippen molar-refractivity contribution < 1.29 is 32.6 Å². The number of amides is 2. The van der Waals surface area contributed by atoms with Crippen LogP contribution in [-0.4, -0.2) is 61.9 Å². The number of hydrogen-bond acceptors (Lipinski definition) is 6. The molecule has 142 valence electrons. The monoisotopic (exact) mass is 384 g/mol. The lowest BCUT2D eigenvalue weighted by Crippen LogP contribution is -2.40. The fourth-order valence-corrected chi connectivity index (χ4v) is 4.18. The number of hydrogen-bond donors (Lipinski definition) is 2. The van der Waals surface area contributed by atoms with Gasteiger partial charge in [-0.3, -0.25) is 9.59 Å². The minimum absolute atomic E-state index is 0.0269. The molecule has 26 heavy (non-hydrogen) atoms. The first-order valence-electron chi connectivity index (χ1n) is 7.97. The first-order chi connectivity index (χ1) is 12.2. The summed E-state index contributed by atoms with van der Waals surface area (Å²) in [7, 11) is -2.68. The average molecular weight is 384 g/mol. The Morgan fingerprint density at radius 1 is 1.35 bits per heavy atom. The number of sulfonamides is 1. The van der Waals surface area contributed by atoms with Crippen molar-refractivity contribution >= 4 is 27.8 Å². The summed E-state index contributed by atoms with van der Waals surface area (Å²) in [5.74, 6) is -2.57. The Labute approximate surface area is 151 Å². The van der Waals surface area contributed by atoms with Gasteiger partial charge in [0.25, 0.3) is 21.8 Å². The molecule has 1 heterocycles. The molecule has 0 aromatic heterocycles. The minimum Gasteiger partial charge on any atom is -0.480 e. The molecule has 1 unspecified atom stereocenters. The van der Waals surface area contributed by atoms with Crippen LogP contribution in [0.1, 0.15) is 40.5 Å². The van der Waals surface area contributed by atoms with Gasteiger partial charge in [-0.15, -0.1) is 0 Å². The summed E-state index contributed by atoms with van der Waals surface area (Å²) in [6, 6.07) is 2.58. The van der Waals surface area contributed by atoms with Crippen LogP contribution in [0.2, 0.25) is 0 Å². The second-order valence-electron chi connectivity index (χ2n) is 5.74. The molecule has 2 rings (SSSR count). The maximum atomic E-state index is 12.5. The number of carbonyl (C=O) groups is 3. The number of aliphatic carboxylic acids is 1. The van der Waals surface area contributed by atoms with Crippen LogP contribution in [0.15, 0.2) is 23.1 Å². The first kappa shape index (κ1) is 19.9. The normalized spacial score (nSPS) is 16.2. The van der Waals surface area contributed by atoms with Gasteiger partial charge in [-0.05, 0) is 24.6 Å². The van der Waals surface area contributed by atoms with Gasteiger partial charge in [0.15, 0.2) is 0 Å². The molecule has 0 saturated carbocycles. The number of carboxylic acids is 1. The fraction of sp³-hybridized carbons (Fsp3) is 0.438. The van der Waals surface area contributed by atoms with E-state index in [0.29, 0.717) is 10.7 Å². The van der Waals surface area contributed by atoms with Crippen LogP contribution >= 0.6 is 0 Å². The second-order valence-corrected chi connectivity index (χ2v) is 7.57. The van der Waals surface area contributed by atoms with Crippen molar-refractivity contribution in [1.82, 2.24) is 9.62 Å². The summed E-state index contributed by atoms with van der Waals surface area (Å²) >= 11 is 0. The van der Waals surface area contributed by atoms with Crippen LogP contribution in [0.3, 0.4) is 0 Å². The van der Waals surface area contributed by atoms with Crippen molar-refractivity contribution in [2.24, 2.45) is 0 Å². The van der Waals surface area contributed by atoms with E-state index in [4.69, 9.17) is 9.84 Å². The number of methoxy groups -OCH3 is 1. The lowest BCUT2D eigenvalue weighted by atomic mass is 10.1. The summed E-state index contributed by atoms with van der Waals surface area (Å²) in [6.07, 6.45) is 0.798. The van der Waals surface area contributed by atoms with E-state index in [9.17, 15) is 22.8 Å². The van der Waals surface area contributed by atoms with E-state index in [1.54, 1.807) is 6.92 Å². The Balaban J connectivity index is 2.31. The predicted octanol–water partition coefficient (Wildman–Crippen LogP) is 0.461. The smallest absolute Gasteiger partial charge is 0.326 e. The lowest BCUT2D eigenvalue weighted by molar-refractivity contribution is -0.139. The molecular weight excluding hydrogens is 364 g/mol. The van der Waals surface area contributed by atoms with Crippen molar-refractivity contribution in [3.63, 3.8) is 0 Å². The highest BCUT2D eigenvalue weighted by Gasteiger charge is 2.41. The predicted molar refractivity (Wildman–Crippen MR) is 90.3 cm³/mol. The number of nitrogens with one attached hydrogen (secondary N) is 1. The molecule has 1 aromatic rings. The highest BCUT2D eigenvalue weighted by Crippen LogP contribution is 2.30.